The highest BCUT2D eigenvalue weighted by Gasteiger charge is 2.25. The Balaban J connectivity index is 2.97. The van der Waals surface area contributed by atoms with Gasteiger partial charge in [-0.15, -0.1) is 0 Å². The summed E-state index contributed by atoms with van der Waals surface area (Å²) in [6.45, 7) is 1.41. The maximum atomic E-state index is 11.7. The third-order valence-electron chi connectivity index (χ3n) is 2.04. The van der Waals surface area contributed by atoms with Gasteiger partial charge in [-0.05, 0) is 6.92 Å². The van der Waals surface area contributed by atoms with E-state index in [9.17, 15) is 8.42 Å². The van der Waals surface area contributed by atoms with Gasteiger partial charge in [0.1, 0.15) is 4.90 Å². The molecule has 80 valence electrons. The Morgan fingerprint density at radius 2 is 2.36 bits per heavy atom. The van der Waals surface area contributed by atoms with Gasteiger partial charge in [0.25, 0.3) is 0 Å². The second-order valence-corrected chi connectivity index (χ2v) is 4.98. The Kier molecular flexibility index (Phi) is 3.25. The molecule has 0 aliphatic rings. The maximum absolute atomic E-state index is 11.7. The fourth-order valence-corrected chi connectivity index (χ4v) is 2.16. The van der Waals surface area contributed by atoms with Crippen molar-refractivity contribution < 1.29 is 13.5 Å². The van der Waals surface area contributed by atoms with Gasteiger partial charge in [-0.3, -0.25) is 5.10 Å². The van der Waals surface area contributed by atoms with Crippen molar-refractivity contribution in [3.8, 4) is 0 Å². The summed E-state index contributed by atoms with van der Waals surface area (Å²) in [5, 5.41) is 14.8. The largest absolute Gasteiger partial charge is 0.395 e. The van der Waals surface area contributed by atoms with Gasteiger partial charge in [0, 0.05) is 19.3 Å². The lowest BCUT2D eigenvalue weighted by Crippen LogP contribution is -2.37. The summed E-state index contributed by atoms with van der Waals surface area (Å²) in [6.07, 6.45) is 2.53. The van der Waals surface area contributed by atoms with Crippen LogP contribution in [0.4, 0.5) is 0 Å². The van der Waals surface area contributed by atoms with Crippen LogP contribution in [-0.4, -0.2) is 47.7 Å². The van der Waals surface area contributed by atoms with Crippen molar-refractivity contribution in [2.75, 3.05) is 13.7 Å². The molecule has 0 saturated heterocycles. The number of nitrogens with one attached hydrogen (secondary N) is 1. The molecule has 0 aromatic carbocycles. The Morgan fingerprint density at radius 1 is 1.71 bits per heavy atom. The zero-order valence-corrected chi connectivity index (χ0v) is 8.82. The molecule has 1 unspecified atom stereocenters. The fourth-order valence-electron chi connectivity index (χ4n) is 0.898. The van der Waals surface area contributed by atoms with Crippen LogP contribution in [0.1, 0.15) is 6.92 Å². The molecule has 0 amide bonds. The molecular weight excluding hydrogens is 206 g/mol. The average molecular weight is 219 g/mol. The summed E-state index contributed by atoms with van der Waals surface area (Å²) in [5.41, 5.74) is 0. The summed E-state index contributed by atoms with van der Waals surface area (Å²) in [7, 11) is -2.11. The van der Waals surface area contributed by atoms with Gasteiger partial charge >= 0.3 is 0 Å². The number of aromatic nitrogens is 2. The number of hydrogen-bond acceptors (Lipinski definition) is 4. The Bertz CT molecular complexity index is 373. The van der Waals surface area contributed by atoms with E-state index < -0.39 is 16.1 Å². The van der Waals surface area contributed by atoms with E-state index in [1.807, 2.05) is 0 Å². The normalized spacial score (nSPS) is 14.6. The highest BCUT2D eigenvalue weighted by atomic mass is 32.2. The van der Waals surface area contributed by atoms with Gasteiger partial charge in [-0.25, -0.2) is 8.42 Å². The molecule has 0 bridgehead atoms. The molecule has 0 fully saturated rings. The molecule has 0 aliphatic carbocycles. The van der Waals surface area contributed by atoms with Crippen molar-refractivity contribution in [2.45, 2.75) is 17.9 Å². The first kappa shape index (κ1) is 11.2. The van der Waals surface area contributed by atoms with Crippen LogP contribution in [0.15, 0.2) is 17.3 Å². The number of likely N-dealkylation sites (N-methyl/N-ethyl adjacent to an activating group) is 1. The van der Waals surface area contributed by atoms with Gasteiger partial charge in [-0.1, -0.05) is 0 Å². The van der Waals surface area contributed by atoms with Crippen LogP contribution in [0.3, 0.4) is 0 Å². The lowest BCUT2D eigenvalue weighted by atomic mass is 10.4. The van der Waals surface area contributed by atoms with Gasteiger partial charge in [0.05, 0.1) is 12.8 Å². The van der Waals surface area contributed by atoms with E-state index in [1.54, 1.807) is 6.92 Å². The highest BCUT2D eigenvalue weighted by Crippen LogP contribution is 2.13. The van der Waals surface area contributed by atoms with Gasteiger partial charge in [0.2, 0.25) is 10.0 Å². The van der Waals surface area contributed by atoms with E-state index in [-0.39, 0.29) is 11.5 Å². The molecule has 1 atom stereocenters. The van der Waals surface area contributed by atoms with E-state index >= 15 is 0 Å². The predicted octanol–water partition coefficient (Wildman–Crippen LogP) is -0.589. The second kappa shape index (κ2) is 4.07. The molecule has 6 nitrogen and oxygen atoms in total. The number of H-pyrrole nitrogens is 1. The molecule has 1 aromatic rings. The van der Waals surface area contributed by atoms with Crippen LogP contribution in [0.2, 0.25) is 0 Å². The molecule has 0 radical (unpaired) electrons. The van der Waals surface area contributed by atoms with Crippen LogP contribution in [0.25, 0.3) is 0 Å². The summed E-state index contributed by atoms with van der Waals surface area (Å²) in [6, 6.07) is -0.449. The molecular formula is C7H13N3O3S. The van der Waals surface area contributed by atoms with E-state index in [1.165, 1.54) is 19.4 Å². The summed E-state index contributed by atoms with van der Waals surface area (Å²) >= 11 is 0. The minimum Gasteiger partial charge on any atom is -0.395 e. The Labute approximate surface area is 82.6 Å². The molecule has 0 spiro atoms. The quantitative estimate of drug-likeness (QED) is 0.708. The first-order chi connectivity index (χ1) is 6.50. The van der Waals surface area contributed by atoms with Crippen molar-refractivity contribution in [1.29, 1.82) is 0 Å². The number of aromatic amines is 1. The highest BCUT2D eigenvalue weighted by molar-refractivity contribution is 7.89. The van der Waals surface area contributed by atoms with Gasteiger partial charge < -0.3 is 5.11 Å². The molecule has 0 aliphatic heterocycles. The second-order valence-electron chi connectivity index (χ2n) is 2.99. The number of nitrogens with zero attached hydrogens (tertiary/aromatic N) is 2. The average Bonchev–Trinajstić information content (AvgIpc) is 2.68. The first-order valence-electron chi connectivity index (χ1n) is 4.08. The van der Waals surface area contributed by atoms with Crippen LogP contribution < -0.4 is 0 Å². The Hall–Kier alpha value is -0.920. The molecule has 2 N–H and O–H groups in total. The van der Waals surface area contributed by atoms with E-state index in [0.717, 1.165) is 4.31 Å². The summed E-state index contributed by atoms with van der Waals surface area (Å²) in [4.78, 5) is 0.0975. The number of hydrogen-bond donors (Lipinski definition) is 2. The first-order valence-corrected chi connectivity index (χ1v) is 5.52. The summed E-state index contributed by atoms with van der Waals surface area (Å²) in [5.74, 6) is 0. The molecule has 14 heavy (non-hydrogen) atoms. The lowest BCUT2D eigenvalue weighted by molar-refractivity contribution is 0.214. The number of sulfonamides is 1. The fraction of sp³-hybridized carbons (Fsp3) is 0.571. The molecule has 1 rings (SSSR count). The van der Waals surface area contributed by atoms with Crippen molar-refractivity contribution in [2.24, 2.45) is 0 Å². The van der Waals surface area contributed by atoms with Gasteiger partial charge in [-0.2, -0.15) is 9.40 Å². The van der Waals surface area contributed by atoms with Crippen molar-refractivity contribution in [3.05, 3.63) is 12.4 Å². The SMILES string of the molecule is CC(CO)N(C)S(=O)(=O)c1cn[nH]c1. The number of aliphatic hydroxyl groups excluding tert-OH is 1. The number of rotatable bonds is 4. The minimum atomic E-state index is -3.53. The molecule has 1 aromatic heterocycles. The number of aliphatic hydroxyl groups is 1. The zero-order valence-electron chi connectivity index (χ0n) is 8.01. The van der Waals surface area contributed by atoms with Crippen molar-refractivity contribution in [3.63, 3.8) is 0 Å². The standard InChI is InChI=1S/C7H13N3O3S/c1-6(5-11)10(2)14(12,13)7-3-8-9-4-7/h3-4,6,11H,5H2,1-2H3,(H,8,9). The third kappa shape index (κ3) is 1.94. The van der Waals surface area contributed by atoms with Crippen LogP contribution >= 0.6 is 0 Å². The van der Waals surface area contributed by atoms with Crippen molar-refractivity contribution in [1.82, 2.24) is 14.5 Å². The van der Waals surface area contributed by atoms with Gasteiger partial charge in [0.15, 0.2) is 0 Å². The molecule has 1 heterocycles. The summed E-state index contributed by atoms with van der Waals surface area (Å²) < 4.78 is 24.6. The predicted molar refractivity (Wildman–Crippen MR) is 50.1 cm³/mol. The van der Waals surface area contributed by atoms with E-state index in [4.69, 9.17) is 5.11 Å². The maximum Gasteiger partial charge on any atom is 0.246 e. The van der Waals surface area contributed by atoms with E-state index in [0.29, 0.717) is 0 Å². The lowest BCUT2D eigenvalue weighted by Gasteiger charge is -2.21. The zero-order chi connectivity index (χ0) is 10.8. The smallest absolute Gasteiger partial charge is 0.246 e. The third-order valence-corrected chi connectivity index (χ3v) is 3.97. The molecule has 0 saturated carbocycles. The van der Waals surface area contributed by atoms with E-state index in [2.05, 4.69) is 10.2 Å². The minimum absolute atomic E-state index is 0.0975. The van der Waals surface area contributed by atoms with Crippen LogP contribution in [0, 0.1) is 0 Å². The molecule has 7 heteroatoms. The Morgan fingerprint density at radius 3 is 2.79 bits per heavy atom. The van der Waals surface area contributed by atoms with Crippen LogP contribution in [-0.2, 0) is 10.0 Å². The van der Waals surface area contributed by atoms with Crippen LogP contribution in [0.5, 0.6) is 0 Å². The monoisotopic (exact) mass is 219 g/mol. The topological polar surface area (TPSA) is 86.3 Å². The van der Waals surface area contributed by atoms with Crippen molar-refractivity contribution >= 4 is 10.0 Å².